The van der Waals surface area contributed by atoms with E-state index in [-0.39, 0.29) is 18.2 Å². The fourth-order valence-corrected chi connectivity index (χ4v) is 3.03. The number of fused-ring (bicyclic) bond motifs is 1. The molecule has 2 N–H and O–H groups in total. The maximum absolute atomic E-state index is 12.1. The van der Waals surface area contributed by atoms with Gasteiger partial charge in [-0.15, -0.1) is 0 Å². The zero-order valence-electron chi connectivity index (χ0n) is 13.2. The maximum atomic E-state index is 12.1. The lowest BCUT2D eigenvalue weighted by Gasteiger charge is -2.25. The summed E-state index contributed by atoms with van der Waals surface area (Å²) in [4.78, 5) is 24.1. The first-order chi connectivity index (χ1) is 12.0. The molecule has 2 amide bonds. The van der Waals surface area contributed by atoms with Crippen LogP contribution in [0.3, 0.4) is 0 Å². The highest BCUT2D eigenvalue weighted by Gasteiger charge is 2.29. The fraction of sp³-hybridized carbons (Fsp3) is 0.222. The molecule has 0 saturated heterocycles. The molecule has 3 rings (SSSR count). The van der Waals surface area contributed by atoms with Crippen molar-refractivity contribution in [1.29, 1.82) is 0 Å². The van der Waals surface area contributed by atoms with E-state index in [4.69, 9.17) is 27.9 Å². The van der Waals surface area contributed by atoms with E-state index in [0.717, 1.165) is 5.56 Å². The molecule has 0 aromatic heterocycles. The van der Waals surface area contributed by atoms with Crippen LogP contribution in [-0.4, -0.2) is 24.5 Å². The van der Waals surface area contributed by atoms with Crippen LogP contribution in [0.4, 0.5) is 5.69 Å². The second kappa shape index (κ2) is 7.76. The number of carbonyl (C=O) groups excluding carboxylic acids is 2. The minimum absolute atomic E-state index is 0.0471. The molecule has 7 heteroatoms. The van der Waals surface area contributed by atoms with Gasteiger partial charge in [-0.3, -0.25) is 9.59 Å². The van der Waals surface area contributed by atoms with Gasteiger partial charge in [0.2, 0.25) is 5.91 Å². The van der Waals surface area contributed by atoms with Crippen LogP contribution in [0.25, 0.3) is 0 Å². The van der Waals surface area contributed by atoms with E-state index in [0.29, 0.717) is 34.4 Å². The number of para-hydroxylation sites is 2. The van der Waals surface area contributed by atoms with E-state index in [1.165, 1.54) is 0 Å². The number of nitrogens with one attached hydrogen (secondary N) is 2. The smallest absolute Gasteiger partial charge is 0.266 e. The van der Waals surface area contributed by atoms with Crippen molar-refractivity contribution in [2.45, 2.75) is 18.9 Å². The van der Waals surface area contributed by atoms with E-state index in [2.05, 4.69) is 10.6 Å². The molecule has 25 heavy (non-hydrogen) atoms. The average Bonchev–Trinajstić information content (AvgIpc) is 2.57. The van der Waals surface area contributed by atoms with E-state index >= 15 is 0 Å². The summed E-state index contributed by atoms with van der Waals surface area (Å²) in [6.07, 6.45) is -0.314. The molecule has 0 aliphatic carbocycles. The Morgan fingerprint density at radius 2 is 2.00 bits per heavy atom. The highest BCUT2D eigenvalue weighted by molar-refractivity contribution is 6.35. The van der Waals surface area contributed by atoms with Crippen molar-refractivity contribution < 1.29 is 14.3 Å². The van der Waals surface area contributed by atoms with Crippen molar-refractivity contribution in [3.63, 3.8) is 0 Å². The van der Waals surface area contributed by atoms with Gasteiger partial charge >= 0.3 is 0 Å². The highest BCUT2D eigenvalue weighted by atomic mass is 35.5. The Morgan fingerprint density at radius 1 is 1.20 bits per heavy atom. The molecule has 1 aliphatic heterocycles. The molecule has 0 spiro atoms. The molecule has 0 fully saturated rings. The van der Waals surface area contributed by atoms with Gasteiger partial charge in [-0.1, -0.05) is 41.4 Å². The van der Waals surface area contributed by atoms with Crippen LogP contribution < -0.4 is 15.4 Å². The van der Waals surface area contributed by atoms with Gasteiger partial charge in [-0.25, -0.2) is 0 Å². The second-order valence-corrected chi connectivity index (χ2v) is 6.48. The number of hydrogen-bond acceptors (Lipinski definition) is 3. The zero-order chi connectivity index (χ0) is 17.8. The van der Waals surface area contributed by atoms with Crippen molar-refractivity contribution in [1.82, 2.24) is 5.32 Å². The van der Waals surface area contributed by atoms with Gasteiger partial charge in [0.15, 0.2) is 6.10 Å². The van der Waals surface area contributed by atoms with Crippen molar-refractivity contribution >= 4 is 40.7 Å². The van der Waals surface area contributed by atoms with Crippen LogP contribution in [0, 0.1) is 0 Å². The summed E-state index contributed by atoms with van der Waals surface area (Å²) in [5.41, 5.74) is 1.51. The Kier molecular flexibility index (Phi) is 5.46. The number of amides is 2. The van der Waals surface area contributed by atoms with Gasteiger partial charge < -0.3 is 15.4 Å². The molecule has 1 heterocycles. The Hall–Kier alpha value is -2.24. The molecule has 2 aromatic rings. The van der Waals surface area contributed by atoms with Crippen LogP contribution in [0.1, 0.15) is 12.0 Å². The fourth-order valence-electron chi connectivity index (χ4n) is 2.53. The van der Waals surface area contributed by atoms with Crippen molar-refractivity contribution in [2.75, 3.05) is 11.9 Å². The summed E-state index contributed by atoms with van der Waals surface area (Å²) in [5.74, 6) is -0.0212. The second-order valence-electron chi connectivity index (χ2n) is 5.63. The quantitative estimate of drug-likeness (QED) is 0.837. The van der Waals surface area contributed by atoms with Gasteiger partial charge in [-0.2, -0.15) is 0 Å². The molecule has 130 valence electrons. The van der Waals surface area contributed by atoms with E-state index in [1.807, 2.05) is 12.1 Å². The van der Waals surface area contributed by atoms with Gasteiger partial charge in [0.1, 0.15) is 5.75 Å². The summed E-state index contributed by atoms with van der Waals surface area (Å²) in [5, 5.41) is 6.64. The number of hydrogen-bond donors (Lipinski definition) is 2. The number of anilines is 1. The van der Waals surface area contributed by atoms with Crippen LogP contribution in [0.2, 0.25) is 10.0 Å². The van der Waals surface area contributed by atoms with Crippen LogP contribution >= 0.6 is 23.2 Å². The first-order valence-electron chi connectivity index (χ1n) is 7.80. The van der Waals surface area contributed by atoms with Crippen LogP contribution in [0.15, 0.2) is 42.5 Å². The van der Waals surface area contributed by atoms with Gasteiger partial charge in [0.25, 0.3) is 5.91 Å². The van der Waals surface area contributed by atoms with Crippen molar-refractivity contribution in [2.24, 2.45) is 0 Å². The number of carbonyl (C=O) groups is 2. The Labute approximate surface area is 155 Å². The molecule has 0 bridgehead atoms. The maximum Gasteiger partial charge on any atom is 0.266 e. The topological polar surface area (TPSA) is 67.4 Å². The summed E-state index contributed by atoms with van der Waals surface area (Å²) in [6.45, 7) is 0.408. The zero-order valence-corrected chi connectivity index (χ0v) is 14.7. The predicted molar refractivity (Wildman–Crippen MR) is 97.3 cm³/mol. The van der Waals surface area contributed by atoms with Gasteiger partial charge in [0, 0.05) is 16.6 Å². The SMILES string of the molecule is O=C(C[C@@H]1Oc2ccccc2NC1=O)NCCc1ccc(Cl)cc1Cl. The predicted octanol–water partition coefficient (Wildman–Crippen LogP) is 3.44. The molecular formula is C18H16Cl2N2O3. The normalized spacial score (nSPS) is 15.8. The minimum atomic E-state index is -0.839. The van der Waals surface area contributed by atoms with Crippen molar-refractivity contribution in [3.8, 4) is 5.75 Å². The molecule has 1 aliphatic rings. The molecular weight excluding hydrogens is 363 g/mol. The largest absolute Gasteiger partial charge is 0.478 e. The average molecular weight is 379 g/mol. The number of benzene rings is 2. The first-order valence-corrected chi connectivity index (χ1v) is 8.55. The van der Waals surface area contributed by atoms with E-state index in [9.17, 15) is 9.59 Å². The molecule has 5 nitrogen and oxygen atoms in total. The lowest BCUT2D eigenvalue weighted by Crippen LogP contribution is -2.41. The minimum Gasteiger partial charge on any atom is -0.478 e. The summed E-state index contributed by atoms with van der Waals surface area (Å²) >= 11 is 12.0. The van der Waals surface area contributed by atoms with Gasteiger partial charge in [-0.05, 0) is 36.2 Å². The molecule has 1 atom stereocenters. The summed E-state index contributed by atoms with van der Waals surface area (Å²) in [6, 6.07) is 12.4. The molecule has 2 aromatic carbocycles. The van der Waals surface area contributed by atoms with Crippen molar-refractivity contribution in [3.05, 3.63) is 58.1 Å². The molecule has 0 saturated carbocycles. The van der Waals surface area contributed by atoms with Gasteiger partial charge in [0.05, 0.1) is 12.1 Å². The molecule has 0 unspecified atom stereocenters. The summed E-state index contributed by atoms with van der Waals surface area (Å²) < 4.78 is 5.60. The Balaban J connectivity index is 1.50. The molecule has 0 radical (unpaired) electrons. The number of ether oxygens (including phenoxy) is 1. The van der Waals surface area contributed by atoms with E-state index in [1.54, 1.807) is 30.3 Å². The third-order valence-corrected chi connectivity index (χ3v) is 4.40. The lowest BCUT2D eigenvalue weighted by atomic mass is 10.1. The monoisotopic (exact) mass is 378 g/mol. The summed E-state index contributed by atoms with van der Waals surface area (Å²) in [7, 11) is 0. The Bertz CT molecular complexity index is 811. The van der Waals surface area contributed by atoms with Crippen LogP contribution in [-0.2, 0) is 16.0 Å². The number of rotatable bonds is 5. The Morgan fingerprint density at radius 3 is 2.80 bits per heavy atom. The third-order valence-electron chi connectivity index (χ3n) is 3.81. The third kappa shape index (κ3) is 4.44. The van der Waals surface area contributed by atoms with Crippen LogP contribution in [0.5, 0.6) is 5.75 Å². The highest BCUT2D eigenvalue weighted by Crippen LogP contribution is 2.29. The first kappa shape index (κ1) is 17.6. The van der Waals surface area contributed by atoms with E-state index < -0.39 is 6.10 Å². The number of halogens is 2. The standard InChI is InChI=1S/C18H16Cl2N2O3/c19-12-6-5-11(13(20)9-12)7-8-21-17(23)10-16-18(24)22-14-3-1-2-4-15(14)25-16/h1-6,9,16H,7-8,10H2,(H,21,23)(H,22,24)/t16-/m0/s1. The lowest BCUT2D eigenvalue weighted by molar-refractivity contribution is -0.130.